The van der Waals surface area contributed by atoms with E-state index in [9.17, 15) is 0 Å². The maximum Gasteiger partial charge on any atom is 0.231 e. The first-order valence-electron chi connectivity index (χ1n) is 4.49. The molecule has 0 spiro atoms. The molecule has 0 amide bonds. The second-order valence-electron chi connectivity index (χ2n) is 3.35. The molecule has 1 heterocycles. The van der Waals surface area contributed by atoms with E-state index in [0.717, 1.165) is 16.9 Å². The Morgan fingerprint density at radius 2 is 2.07 bits per heavy atom. The van der Waals surface area contributed by atoms with Gasteiger partial charge < -0.3 is 20.3 Å². The molecule has 76 valence electrons. The lowest BCUT2D eigenvalue weighted by molar-refractivity contribution is 0.174. The average Bonchev–Trinajstić information content (AvgIpc) is 2.62. The van der Waals surface area contributed by atoms with Gasteiger partial charge in [0.1, 0.15) is 0 Å². The van der Waals surface area contributed by atoms with Crippen molar-refractivity contribution in [1.29, 1.82) is 0 Å². The SMILES string of the molecule is Cc1cc2c(cc1[C@@H](N)CO)OCO2. The number of aliphatic hydroxyl groups is 1. The van der Waals surface area contributed by atoms with Crippen LogP contribution in [-0.2, 0) is 0 Å². The van der Waals surface area contributed by atoms with E-state index in [1.54, 1.807) is 0 Å². The van der Waals surface area contributed by atoms with E-state index in [2.05, 4.69) is 0 Å². The molecule has 14 heavy (non-hydrogen) atoms. The lowest BCUT2D eigenvalue weighted by Crippen LogP contribution is -2.15. The van der Waals surface area contributed by atoms with Gasteiger partial charge in [-0.2, -0.15) is 0 Å². The van der Waals surface area contributed by atoms with Crippen LogP contribution in [0.3, 0.4) is 0 Å². The lowest BCUT2D eigenvalue weighted by Gasteiger charge is -2.12. The van der Waals surface area contributed by atoms with Gasteiger partial charge >= 0.3 is 0 Å². The van der Waals surface area contributed by atoms with Crippen LogP contribution in [-0.4, -0.2) is 18.5 Å². The number of nitrogens with two attached hydrogens (primary N) is 1. The van der Waals surface area contributed by atoms with Gasteiger partial charge in [0.2, 0.25) is 6.79 Å². The van der Waals surface area contributed by atoms with Crippen LogP contribution in [0.25, 0.3) is 0 Å². The number of ether oxygens (including phenoxy) is 2. The van der Waals surface area contributed by atoms with E-state index in [1.165, 1.54) is 0 Å². The Hall–Kier alpha value is -1.26. The molecular weight excluding hydrogens is 182 g/mol. The summed E-state index contributed by atoms with van der Waals surface area (Å²) in [6, 6.07) is 3.36. The molecule has 1 aliphatic rings. The quantitative estimate of drug-likeness (QED) is 0.729. The third kappa shape index (κ3) is 1.42. The van der Waals surface area contributed by atoms with Crippen LogP contribution in [0.15, 0.2) is 12.1 Å². The Kier molecular flexibility index (Phi) is 2.31. The minimum absolute atomic E-state index is 0.0690. The normalized spacial score (nSPS) is 15.6. The van der Waals surface area contributed by atoms with E-state index in [-0.39, 0.29) is 19.4 Å². The molecule has 0 saturated heterocycles. The maximum atomic E-state index is 8.96. The molecule has 2 rings (SSSR count). The van der Waals surface area contributed by atoms with Gasteiger partial charge in [0, 0.05) is 0 Å². The first kappa shape index (κ1) is 9.30. The Bertz CT molecular complexity index is 351. The summed E-state index contributed by atoms with van der Waals surface area (Å²) in [7, 11) is 0. The number of hydrogen-bond acceptors (Lipinski definition) is 4. The van der Waals surface area contributed by atoms with Crippen LogP contribution in [0, 0.1) is 6.92 Å². The summed E-state index contributed by atoms with van der Waals surface area (Å²) in [4.78, 5) is 0. The Labute approximate surface area is 82.2 Å². The van der Waals surface area contributed by atoms with Crippen LogP contribution >= 0.6 is 0 Å². The second kappa shape index (κ2) is 3.48. The summed E-state index contributed by atoms with van der Waals surface area (Å²) in [5, 5.41) is 8.96. The van der Waals surface area contributed by atoms with Gasteiger partial charge in [0.05, 0.1) is 12.6 Å². The molecule has 1 aliphatic heterocycles. The minimum atomic E-state index is -0.357. The predicted molar refractivity (Wildman–Crippen MR) is 51.3 cm³/mol. The van der Waals surface area contributed by atoms with Crippen LogP contribution in [0.1, 0.15) is 17.2 Å². The standard InChI is InChI=1S/C10H13NO3/c1-6-2-9-10(14-5-13-9)3-7(6)8(11)4-12/h2-3,8,12H,4-5,11H2,1H3/t8-/m0/s1. The molecule has 1 atom stereocenters. The Morgan fingerprint density at radius 1 is 1.43 bits per heavy atom. The summed E-state index contributed by atoms with van der Waals surface area (Å²) >= 11 is 0. The summed E-state index contributed by atoms with van der Waals surface area (Å²) in [5.41, 5.74) is 7.65. The van der Waals surface area contributed by atoms with Crippen LogP contribution < -0.4 is 15.2 Å². The average molecular weight is 195 g/mol. The summed E-state index contributed by atoms with van der Waals surface area (Å²) in [6.45, 7) is 2.12. The van der Waals surface area contributed by atoms with E-state index >= 15 is 0 Å². The zero-order valence-electron chi connectivity index (χ0n) is 7.99. The fourth-order valence-electron chi connectivity index (χ4n) is 1.56. The predicted octanol–water partition coefficient (Wildman–Crippen LogP) is 0.716. The maximum absolute atomic E-state index is 8.96. The van der Waals surface area contributed by atoms with Gasteiger partial charge in [0.25, 0.3) is 0 Å². The fourth-order valence-corrected chi connectivity index (χ4v) is 1.56. The molecule has 0 aliphatic carbocycles. The molecule has 0 radical (unpaired) electrons. The van der Waals surface area contributed by atoms with Crippen molar-refractivity contribution in [3.8, 4) is 11.5 Å². The van der Waals surface area contributed by atoms with Crippen molar-refractivity contribution in [3.63, 3.8) is 0 Å². The van der Waals surface area contributed by atoms with Gasteiger partial charge in [-0.3, -0.25) is 0 Å². The fraction of sp³-hybridized carbons (Fsp3) is 0.400. The van der Waals surface area contributed by atoms with Crippen LogP contribution in [0.5, 0.6) is 11.5 Å². The molecule has 0 aromatic heterocycles. The monoisotopic (exact) mass is 195 g/mol. The topological polar surface area (TPSA) is 64.7 Å². The highest BCUT2D eigenvalue weighted by Crippen LogP contribution is 2.35. The Balaban J connectivity index is 2.42. The zero-order chi connectivity index (χ0) is 10.1. The summed E-state index contributed by atoms with van der Waals surface area (Å²) in [6.07, 6.45) is 0. The van der Waals surface area contributed by atoms with Gasteiger partial charge in [0.15, 0.2) is 11.5 Å². The van der Waals surface area contributed by atoms with Crippen LogP contribution in [0.4, 0.5) is 0 Å². The molecule has 0 saturated carbocycles. The zero-order valence-corrected chi connectivity index (χ0v) is 7.99. The van der Waals surface area contributed by atoms with Gasteiger partial charge in [-0.25, -0.2) is 0 Å². The van der Waals surface area contributed by atoms with Crippen molar-refractivity contribution in [2.24, 2.45) is 5.73 Å². The number of fused-ring (bicyclic) bond motifs is 1. The highest BCUT2D eigenvalue weighted by Gasteiger charge is 2.17. The molecule has 0 fully saturated rings. The smallest absolute Gasteiger partial charge is 0.231 e. The van der Waals surface area contributed by atoms with E-state index in [1.807, 2.05) is 19.1 Å². The van der Waals surface area contributed by atoms with E-state index in [0.29, 0.717) is 5.75 Å². The summed E-state index contributed by atoms with van der Waals surface area (Å²) in [5.74, 6) is 1.45. The molecule has 4 heteroatoms. The van der Waals surface area contributed by atoms with Crippen molar-refractivity contribution in [2.45, 2.75) is 13.0 Å². The number of hydrogen-bond donors (Lipinski definition) is 2. The van der Waals surface area contributed by atoms with Gasteiger partial charge in [-0.1, -0.05) is 0 Å². The molecule has 3 N–H and O–H groups in total. The van der Waals surface area contributed by atoms with E-state index in [4.69, 9.17) is 20.3 Å². The largest absolute Gasteiger partial charge is 0.454 e. The number of aryl methyl sites for hydroxylation is 1. The van der Waals surface area contributed by atoms with Crippen molar-refractivity contribution in [3.05, 3.63) is 23.3 Å². The van der Waals surface area contributed by atoms with Crippen molar-refractivity contribution < 1.29 is 14.6 Å². The van der Waals surface area contributed by atoms with Gasteiger partial charge in [-0.05, 0) is 30.2 Å². The molecule has 1 aromatic rings. The van der Waals surface area contributed by atoms with Crippen molar-refractivity contribution in [2.75, 3.05) is 13.4 Å². The van der Waals surface area contributed by atoms with E-state index < -0.39 is 0 Å². The third-order valence-electron chi connectivity index (χ3n) is 2.36. The minimum Gasteiger partial charge on any atom is -0.454 e. The molecule has 0 bridgehead atoms. The number of rotatable bonds is 2. The van der Waals surface area contributed by atoms with Gasteiger partial charge in [-0.15, -0.1) is 0 Å². The van der Waals surface area contributed by atoms with Crippen molar-refractivity contribution >= 4 is 0 Å². The first-order valence-corrected chi connectivity index (χ1v) is 4.49. The highest BCUT2D eigenvalue weighted by molar-refractivity contribution is 5.49. The molecule has 0 unspecified atom stereocenters. The molecule has 4 nitrogen and oxygen atoms in total. The second-order valence-corrected chi connectivity index (χ2v) is 3.35. The molecular formula is C10H13NO3. The van der Waals surface area contributed by atoms with Crippen molar-refractivity contribution in [1.82, 2.24) is 0 Å². The van der Waals surface area contributed by atoms with Crippen LogP contribution in [0.2, 0.25) is 0 Å². The first-order chi connectivity index (χ1) is 6.72. The third-order valence-corrected chi connectivity index (χ3v) is 2.36. The molecule has 1 aromatic carbocycles. The summed E-state index contributed by atoms with van der Waals surface area (Å²) < 4.78 is 10.5. The lowest BCUT2D eigenvalue weighted by atomic mass is 10.0. The highest BCUT2D eigenvalue weighted by atomic mass is 16.7. The number of aliphatic hydroxyl groups excluding tert-OH is 1. The number of benzene rings is 1. The Morgan fingerprint density at radius 3 is 2.71 bits per heavy atom.